The average Bonchev–Trinajstić information content (AvgIpc) is 3.10. The smallest absolute Gasteiger partial charge is 0.258 e. The van der Waals surface area contributed by atoms with E-state index < -0.39 is 0 Å². The van der Waals surface area contributed by atoms with Gasteiger partial charge in [-0.25, -0.2) is 0 Å². The van der Waals surface area contributed by atoms with Crippen molar-refractivity contribution in [3.63, 3.8) is 0 Å². The van der Waals surface area contributed by atoms with Crippen LogP contribution in [0, 0.1) is 0 Å². The Morgan fingerprint density at radius 2 is 1.72 bits per heavy atom. The molecular weight excluding hydrogens is 408 g/mol. The van der Waals surface area contributed by atoms with Crippen LogP contribution in [0.15, 0.2) is 42.5 Å². The molecule has 3 aromatic carbocycles. The molecule has 0 spiro atoms. The number of hydrogen-bond donors (Lipinski definition) is 1. The lowest BCUT2D eigenvalue weighted by molar-refractivity contribution is 0.0991. The number of methoxy groups -OCH3 is 3. The highest BCUT2D eigenvalue weighted by molar-refractivity contribution is 6.27. The van der Waals surface area contributed by atoms with E-state index in [4.69, 9.17) is 14.2 Å². The summed E-state index contributed by atoms with van der Waals surface area (Å²) in [6, 6.07) is 12.6. The molecule has 0 aliphatic carbocycles. The van der Waals surface area contributed by atoms with Crippen molar-refractivity contribution in [1.29, 1.82) is 0 Å². The number of carbonyl (C=O) groups excluding carboxylic acids is 2. The van der Waals surface area contributed by atoms with Gasteiger partial charge in [0, 0.05) is 34.1 Å². The van der Waals surface area contributed by atoms with Crippen molar-refractivity contribution >= 4 is 34.0 Å². The molecule has 0 atom stereocenters. The first-order valence-electron chi connectivity index (χ1n) is 10.5. The molecule has 0 saturated carbocycles. The number of unbranched alkanes of at least 4 members (excludes halogenated alkanes) is 1. The molecule has 7 nitrogen and oxygen atoms in total. The summed E-state index contributed by atoms with van der Waals surface area (Å²) in [5.74, 6) is 0.899. The van der Waals surface area contributed by atoms with E-state index >= 15 is 0 Å². The highest BCUT2D eigenvalue weighted by atomic mass is 16.5. The molecule has 32 heavy (non-hydrogen) atoms. The summed E-state index contributed by atoms with van der Waals surface area (Å²) < 4.78 is 16.0. The molecule has 0 bridgehead atoms. The van der Waals surface area contributed by atoms with Gasteiger partial charge < -0.3 is 24.4 Å². The Labute approximate surface area is 186 Å². The van der Waals surface area contributed by atoms with E-state index in [1.165, 1.54) is 21.3 Å². The van der Waals surface area contributed by atoms with Crippen LogP contribution >= 0.6 is 0 Å². The van der Waals surface area contributed by atoms with Crippen LogP contribution in [0.1, 0.15) is 40.5 Å². The van der Waals surface area contributed by atoms with Crippen molar-refractivity contribution in [3.8, 4) is 17.2 Å². The van der Waals surface area contributed by atoms with Crippen LogP contribution in [0.2, 0.25) is 0 Å². The second kappa shape index (κ2) is 8.78. The van der Waals surface area contributed by atoms with E-state index in [1.807, 2.05) is 35.2 Å². The normalized spacial score (nSPS) is 12.2. The fourth-order valence-corrected chi connectivity index (χ4v) is 4.10. The van der Waals surface area contributed by atoms with Crippen LogP contribution in [0.3, 0.4) is 0 Å². The predicted molar refractivity (Wildman–Crippen MR) is 125 cm³/mol. The minimum atomic E-state index is -0.322. The molecule has 4 rings (SSSR count). The molecule has 2 amide bonds. The maximum Gasteiger partial charge on any atom is 0.258 e. The van der Waals surface area contributed by atoms with Crippen molar-refractivity contribution in [2.75, 3.05) is 38.1 Å². The van der Waals surface area contributed by atoms with E-state index in [0.717, 1.165) is 29.3 Å². The van der Waals surface area contributed by atoms with Crippen LogP contribution in [-0.4, -0.2) is 39.7 Å². The van der Waals surface area contributed by atoms with E-state index in [9.17, 15) is 9.59 Å². The lowest BCUT2D eigenvalue weighted by Gasteiger charge is -2.18. The monoisotopic (exact) mass is 434 g/mol. The molecule has 0 aromatic heterocycles. The first-order valence-corrected chi connectivity index (χ1v) is 10.5. The Morgan fingerprint density at radius 1 is 1.00 bits per heavy atom. The van der Waals surface area contributed by atoms with Gasteiger partial charge in [0.2, 0.25) is 5.75 Å². The number of ether oxygens (including phenoxy) is 3. The zero-order chi connectivity index (χ0) is 22.8. The molecule has 1 heterocycles. The van der Waals surface area contributed by atoms with Gasteiger partial charge in [-0.3, -0.25) is 9.59 Å². The largest absolute Gasteiger partial charge is 0.493 e. The quantitative estimate of drug-likeness (QED) is 0.547. The minimum Gasteiger partial charge on any atom is -0.493 e. The summed E-state index contributed by atoms with van der Waals surface area (Å²) >= 11 is 0. The molecule has 1 aliphatic rings. The second-order valence-electron chi connectivity index (χ2n) is 7.54. The summed E-state index contributed by atoms with van der Waals surface area (Å²) in [6.45, 7) is 2.78. The van der Waals surface area contributed by atoms with Crippen molar-refractivity contribution in [1.82, 2.24) is 0 Å². The molecule has 0 fully saturated rings. The van der Waals surface area contributed by atoms with Crippen LogP contribution < -0.4 is 24.4 Å². The predicted octanol–water partition coefficient (Wildman–Crippen LogP) is 4.88. The number of amides is 2. The number of rotatable bonds is 8. The molecule has 0 radical (unpaired) electrons. The number of nitrogens with one attached hydrogen (secondary N) is 1. The van der Waals surface area contributed by atoms with Crippen LogP contribution in [-0.2, 0) is 0 Å². The maximum absolute atomic E-state index is 13.1. The van der Waals surface area contributed by atoms with E-state index in [0.29, 0.717) is 40.6 Å². The molecule has 1 N–H and O–H groups in total. The summed E-state index contributed by atoms with van der Waals surface area (Å²) in [7, 11) is 4.52. The zero-order valence-electron chi connectivity index (χ0n) is 18.7. The van der Waals surface area contributed by atoms with Gasteiger partial charge in [0.15, 0.2) is 11.5 Å². The molecule has 1 aliphatic heterocycles. The van der Waals surface area contributed by atoms with E-state index in [2.05, 4.69) is 12.2 Å². The number of hydrogen-bond acceptors (Lipinski definition) is 5. The first-order chi connectivity index (χ1) is 15.5. The standard InChI is InChI=1S/C25H26N2O5/c1-5-6-12-27-19-11-10-18(16-8-7-9-17(22(16)19)25(27)29)26-24(28)15-13-20(30-2)23(32-4)21(14-15)31-3/h7-11,13-14H,5-6,12H2,1-4H3,(H,26,28). The SMILES string of the molecule is CCCCN1C(=O)c2cccc3c(NC(=O)c4cc(OC)c(OC)c(OC)c4)ccc1c23. The highest BCUT2D eigenvalue weighted by Crippen LogP contribution is 2.41. The lowest BCUT2D eigenvalue weighted by atomic mass is 10.0. The third-order valence-corrected chi connectivity index (χ3v) is 5.70. The molecule has 0 unspecified atom stereocenters. The summed E-state index contributed by atoms with van der Waals surface area (Å²) in [5.41, 5.74) is 2.55. The van der Waals surface area contributed by atoms with Crippen LogP contribution in [0.5, 0.6) is 17.2 Å². The number of nitrogens with zero attached hydrogens (tertiary/aromatic N) is 1. The Morgan fingerprint density at radius 3 is 2.34 bits per heavy atom. The Kier molecular flexibility index (Phi) is 5.90. The molecule has 3 aromatic rings. The lowest BCUT2D eigenvalue weighted by Crippen LogP contribution is -2.27. The maximum atomic E-state index is 13.1. The summed E-state index contributed by atoms with van der Waals surface area (Å²) in [5, 5.41) is 4.67. The third kappa shape index (κ3) is 3.49. The van der Waals surface area contributed by atoms with Crippen molar-refractivity contribution in [3.05, 3.63) is 53.6 Å². The fraction of sp³-hybridized carbons (Fsp3) is 0.280. The molecule has 7 heteroatoms. The van der Waals surface area contributed by atoms with Gasteiger partial charge in [-0.2, -0.15) is 0 Å². The van der Waals surface area contributed by atoms with E-state index in [1.54, 1.807) is 12.1 Å². The highest BCUT2D eigenvalue weighted by Gasteiger charge is 2.30. The molecule has 166 valence electrons. The number of anilines is 2. The minimum absolute atomic E-state index is 0.00662. The Bertz CT molecular complexity index is 1180. The average molecular weight is 434 g/mol. The molecule has 0 saturated heterocycles. The van der Waals surface area contributed by atoms with Crippen molar-refractivity contribution in [2.45, 2.75) is 19.8 Å². The fourth-order valence-electron chi connectivity index (χ4n) is 4.10. The topological polar surface area (TPSA) is 77.1 Å². The third-order valence-electron chi connectivity index (χ3n) is 5.70. The second-order valence-corrected chi connectivity index (χ2v) is 7.54. The summed E-state index contributed by atoms with van der Waals surface area (Å²) in [6.07, 6.45) is 1.94. The van der Waals surface area contributed by atoms with Crippen molar-refractivity contribution in [2.24, 2.45) is 0 Å². The number of benzene rings is 3. The van der Waals surface area contributed by atoms with Crippen molar-refractivity contribution < 1.29 is 23.8 Å². The van der Waals surface area contributed by atoms with E-state index in [-0.39, 0.29) is 11.8 Å². The Balaban J connectivity index is 1.72. The van der Waals surface area contributed by atoms with Gasteiger partial charge in [-0.15, -0.1) is 0 Å². The first kappa shape index (κ1) is 21.5. The van der Waals surface area contributed by atoms with Gasteiger partial charge in [0.05, 0.1) is 27.0 Å². The van der Waals surface area contributed by atoms with Gasteiger partial charge in [-0.05, 0) is 36.8 Å². The van der Waals surface area contributed by atoms with Gasteiger partial charge in [-0.1, -0.05) is 25.5 Å². The summed E-state index contributed by atoms with van der Waals surface area (Å²) in [4.78, 5) is 27.9. The van der Waals surface area contributed by atoms with Gasteiger partial charge in [0.1, 0.15) is 0 Å². The van der Waals surface area contributed by atoms with Gasteiger partial charge in [0.25, 0.3) is 11.8 Å². The number of carbonyl (C=O) groups is 2. The zero-order valence-corrected chi connectivity index (χ0v) is 18.7. The van der Waals surface area contributed by atoms with Crippen LogP contribution in [0.4, 0.5) is 11.4 Å². The van der Waals surface area contributed by atoms with Crippen LogP contribution in [0.25, 0.3) is 10.8 Å². The Hall–Kier alpha value is -3.74. The molecular formula is C25H26N2O5. The van der Waals surface area contributed by atoms with Gasteiger partial charge >= 0.3 is 0 Å².